The number of hydroxylamine groups is 1. The van der Waals surface area contributed by atoms with E-state index in [1.54, 1.807) is 17.1 Å². The smallest absolute Gasteiger partial charge is 0.293 e. The average molecular weight is 271 g/mol. The molecule has 5 heteroatoms. The number of hydrogen-bond donors (Lipinski definition) is 1. The zero-order valence-corrected chi connectivity index (χ0v) is 11.2. The predicted molar refractivity (Wildman–Crippen MR) is 74.4 cm³/mol. The number of carbonyl (C=O) groups is 1. The molecule has 1 aliphatic carbocycles. The van der Waals surface area contributed by atoms with E-state index in [1.807, 2.05) is 30.3 Å². The maximum Gasteiger partial charge on any atom is 0.293 e. The van der Waals surface area contributed by atoms with Crippen LogP contribution in [0.15, 0.2) is 42.9 Å². The first-order valence-corrected chi connectivity index (χ1v) is 6.88. The van der Waals surface area contributed by atoms with E-state index in [1.165, 1.54) is 12.8 Å². The van der Waals surface area contributed by atoms with E-state index in [4.69, 9.17) is 4.84 Å². The Morgan fingerprint density at radius 1 is 1.25 bits per heavy atom. The fourth-order valence-electron chi connectivity index (χ4n) is 2.45. The highest BCUT2D eigenvalue weighted by Crippen LogP contribution is 2.20. The van der Waals surface area contributed by atoms with Gasteiger partial charge in [0.2, 0.25) is 0 Å². The van der Waals surface area contributed by atoms with Gasteiger partial charge >= 0.3 is 0 Å². The zero-order valence-electron chi connectivity index (χ0n) is 11.2. The van der Waals surface area contributed by atoms with Crippen LogP contribution in [0.2, 0.25) is 0 Å². The summed E-state index contributed by atoms with van der Waals surface area (Å²) in [5, 5.41) is 0. The van der Waals surface area contributed by atoms with Gasteiger partial charge in [-0.15, -0.1) is 0 Å². The standard InChI is InChI=1S/C15H17N3O2/c19-15(17-20-13-8-4-5-9-13)14-10-16-11-18(14)12-6-2-1-3-7-12/h1-3,6-7,10-11,13H,4-5,8-9H2,(H,17,19). The summed E-state index contributed by atoms with van der Waals surface area (Å²) in [5.74, 6) is -0.266. The molecule has 0 saturated heterocycles. The van der Waals surface area contributed by atoms with Crippen LogP contribution in [-0.2, 0) is 4.84 Å². The van der Waals surface area contributed by atoms with Crippen molar-refractivity contribution in [1.29, 1.82) is 0 Å². The molecule has 1 aromatic carbocycles. The molecule has 1 saturated carbocycles. The van der Waals surface area contributed by atoms with Crippen molar-refractivity contribution in [2.45, 2.75) is 31.8 Å². The van der Waals surface area contributed by atoms with Crippen LogP contribution < -0.4 is 5.48 Å². The Kier molecular flexibility index (Phi) is 3.78. The lowest BCUT2D eigenvalue weighted by Crippen LogP contribution is -2.29. The summed E-state index contributed by atoms with van der Waals surface area (Å²) in [5.41, 5.74) is 3.90. The summed E-state index contributed by atoms with van der Waals surface area (Å²) in [6, 6.07) is 9.63. The van der Waals surface area contributed by atoms with Crippen LogP contribution in [0.1, 0.15) is 36.2 Å². The lowest BCUT2D eigenvalue weighted by molar-refractivity contribution is -0.0128. The maximum atomic E-state index is 12.2. The van der Waals surface area contributed by atoms with E-state index in [9.17, 15) is 4.79 Å². The normalized spacial score (nSPS) is 15.4. The lowest BCUT2D eigenvalue weighted by atomic mass is 10.3. The van der Waals surface area contributed by atoms with Gasteiger partial charge in [0.15, 0.2) is 0 Å². The van der Waals surface area contributed by atoms with Gasteiger partial charge in [-0.25, -0.2) is 10.5 Å². The molecule has 2 aromatic rings. The molecule has 1 heterocycles. The number of nitrogens with zero attached hydrogens (tertiary/aromatic N) is 2. The van der Waals surface area contributed by atoms with E-state index in [-0.39, 0.29) is 12.0 Å². The minimum absolute atomic E-state index is 0.145. The number of benzene rings is 1. The molecule has 1 aliphatic rings. The average Bonchev–Trinajstić information content (AvgIpc) is 3.17. The Hall–Kier alpha value is -2.14. The number of para-hydroxylation sites is 1. The van der Waals surface area contributed by atoms with Gasteiger partial charge in [-0.3, -0.25) is 14.2 Å². The van der Waals surface area contributed by atoms with Gasteiger partial charge < -0.3 is 0 Å². The molecule has 20 heavy (non-hydrogen) atoms. The quantitative estimate of drug-likeness (QED) is 0.869. The highest BCUT2D eigenvalue weighted by Gasteiger charge is 2.19. The minimum atomic E-state index is -0.266. The summed E-state index contributed by atoms with van der Waals surface area (Å²) in [6.45, 7) is 0. The number of carbonyl (C=O) groups excluding carboxylic acids is 1. The molecular weight excluding hydrogens is 254 g/mol. The van der Waals surface area contributed by atoms with Gasteiger partial charge in [0.25, 0.3) is 5.91 Å². The molecule has 1 fully saturated rings. The second-order valence-electron chi connectivity index (χ2n) is 4.94. The predicted octanol–water partition coefficient (Wildman–Crippen LogP) is 2.48. The molecule has 0 spiro atoms. The van der Waals surface area contributed by atoms with Gasteiger partial charge in [-0.1, -0.05) is 31.0 Å². The monoisotopic (exact) mass is 271 g/mol. The molecule has 5 nitrogen and oxygen atoms in total. The van der Waals surface area contributed by atoms with Gasteiger partial charge in [-0.05, 0) is 25.0 Å². The van der Waals surface area contributed by atoms with Gasteiger partial charge in [0.05, 0.1) is 18.6 Å². The largest absolute Gasteiger partial charge is 0.295 e. The van der Waals surface area contributed by atoms with Gasteiger partial charge in [-0.2, -0.15) is 0 Å². The summed E-state index contributed by atoms with van der Waals surface area (Å²) in [7, 11) is 0. The number of aromatic nitrogens is 2. The first kappa shape index (κ1) is 12.9. The summed E-state index contributed by atoms with van der Waals surface area (Å²) in [4.78, 5) is 21.6. The van der Waals surface area contributed by atoms with Gasteiger partial charge in [0, 0.05) is 5.69 Å². The number of rotatable bonds is 4. The van der Waals surface area contributed by atoms with Crippen molar-refractivity contribution in [3.8, 4) is 5.69 Å². The third-order valence-electron chi connectivity index (χ3n) is 3.53. The van der Waals surface area contributed by atoms with Crippen molar-refractivity contribution in [1.82, 2.24) is 15.0 Å². The van der Waals surface area contributed by atoms with Crippen LogP contribution in [0.4, 0.5) is 0 Å². The number of hydrogen-bond acceptors (Lipinski definition) is 3. The molecule has 0 unspecified atom stereocenters. The van der Waals surface area contributed by atoms with E-state index < -0.39 is 0 Å². The van der Waals surface area contributed by atoms with Gasteiger partial charge in [0.1, 0.15) is 5.69 Å². The van der Waals surface area contributed by atoms with Crippen molar-refractivity contribution in [2.75, 3.05) is 0 Å². The fourth-order valence-corrected chi connectivity index (χ4v) is 2.45. The Morgan fingerprint density at radius 3 is 2.75 bits per heavy atom. The Morgan fingerprint density at radius 2 is 2.00 bits per heavy atom. The Balaban J connectivity index is 1.70. The summed E-state index contributed by atoms with van der Waals surface area (Å²) < 4.78 is 1.74. The van der Waals surface area contributed by atoms with Crippen LogP contribution in [-0.4, -0.2) is 21.6 Å². The van der Waals surface area contributed by atoms with Crippen LogP contribution >= 0.6 is 0 Å². The first-order valence-electron chi connectivity index (χ1n) is 6.88. The fraction of sp³-hybridized carbons (Fsp3) is 0.333. The molecule has 1 aromatic heterocycles. The van der Waals surface area contributed by atoms with Crippen LogP contribution in [0, 0.1) is 0 Å². The molecule has 0 atom stereocenters. The molecular formula is C15H17N3O2. The molecule has 0 radical (unpaired) electrons. The molecule has 104 valence electrons. The number of amides is 1. The summed E-state index contributed by atoms with van der Waals surface area (Å²) in [6.07, 6.45) is 7.67. The molecule has 1 N–H and O–H groups in total. The third-order valence-corrected chi connectivity index (χ3v) is 3.53. The molecule has 0 bridgehead atoms. The second-order valence-corrected chi connectivity index (χ2v) is 4.94. The van der Waals surface area contributed by atoms with Crippen molar-refractivity contribution in [3.05, 3.63) is 48.5 Å². The van der Waals surface area contributed by atoms with E-state index in [0.717, 1.165) is 18.5 Å². The van der Waals surface area contributed by atoms with E-state index in [0.29, 0.717) is 5.69 Å². The maximum absolute atomic E-state index is 12.2. The third kappa shape index (κ3) is 2.72. The van der Waals surface area contributed by atoms with Crippen LogP contribution in [0.5, 0.6) is 0 Å². The molecule has 3 rings (SSSR count). The second kappa shape index (κ2) is 5.88. The van der Waals surface area contributed by atoms with Crippen LogP contribution in [0.3, 0.4) is 0 Å². The number of nitrogens with one attached hydrogen (secondary N) is 1. The summed E-state index contributed by atoms with van der Waals surface area (Å²) >= 11 is 0. The zero-order chi connectivity index (χ0) is 13.8. The van der Waals surface area contributed by atoms with E-state index >= 15 is 0 Å². The SMILES string of the molecule is O=C(NOC1CCCC1)c1cncn1-c1ccccc1. The number of imidazole rings is 1. The Labute approximate surface area is 117 Å². The highest BCUT2D eigenvalue weighted by atomic mass is 16.7. The van der Waals surface area contributed by atoms with Crippen LogP contribution in [0.25, 0.3) is 5.69 Å². The lowest BCUT2D eigenvalue weighted by Gasteiger charge is -2.12. The highest BCUT2D eigenvalue weighted by molar-refractivity contribution is 5.92. The molecule has 0 aliphatic heterocycles. The topological polar surface area (TPSA) is 56.1 Å². The van der Waals surface area contributed by atoms with Crippen molar-refractivity contribution in [3.63, 3.8) is 0 Å². The first-order chi connectivity index (χ1) is 9.84. The van der Waals surface area contributed by atoms with Crippen molar-refractivity contribution in [2.24, 2.45) is 0 Å². The molecule has 1 amide bonds. The minimum Gasteiger partial charge on any atom is -0.295 e. The Bertz CT molecular complexity index is 574. The van der Waals surface area contributed by atoms with Crippen molar-refractivity contribution < 1.29 is 9.63 Å². The van der Waals surface area contributed by atoms with Crippen molar-refractivity contribution >= 4 is 5.91 Å². The van der Waals surface area contributed by atoms with E-state index in [2.05, 4.69) is 10.5 Å².